The van der Waals surface area contributed by atoms with E-state index in [1.165, 1.54) is 27.9 Å². The molecule has 46 heavy (non-hydrogen) atoms. The van der Waals surface area contributed by atoms with Crippen LogP contribution in [0.3, 0.4) is 0 Å². The van der Waals surface area contributed by atoms with Gasteiger partial charge in [-0.3, -0.25) is 12.5 Å². The van der Waals surface area contributed by atoms with Gasteiger partial charge in [0.05, 0.1) is 31.5 Å². The molecule has 0 aromatic heterocycles. The number of methoxy groups -OCH3 is 1. The van der Waals surface area contributed by atoms with E-state index in [0.29, 0.717) is 0 Å². The number of hydrogen-bond acceptors (Lipinski definition) is 22. The minimum absolute atomic E-state index is 0.903. The van der Waals surface area contributed by atoms with Crippen molar-refractivity contribution in [2.45, 2.75) is 101 Å². The lowest BCUT2D eigenvalue weighted by molar-refractivity contribution is -0.365. The van der Waals surface area contributed by atoms with Gasteiger partial charge < -0.3 is 62.5 Å². The predicted octanol–water partition coefficient (Wildman–Crippen LogP) is -4.89. The summed E-state index contributed by atoms with van der Waals surface area (Å²) in [5, 5.41) is 42.8. The lowest BCUT2D eigenvalue weighted by atomic mass is 9.91. The highest BCUT2D eigenvalue weighted by Gasteiger charge is 2.53. The monoisotopic (exact) mass is 735 g/mol. The highest BCUT2D eigenvalue weighted by Crippen LogP contribution is 2.36. The maximum Gasteiger partial charge on any atom is 0.218 e. The second-order valence-electron chi connectivity index (χ2n) is 10.8. The van der Waals surface area contributed by atoms with E-state index in [1.807, 2.05) is 0 Å². The van der Waals surface area contributed by atoms with Gasteiger partial charge in [0.1, 0.15) is 36.6 Å². The Bertz CT molecular complexity index is 1330. The summed E-state index contributed by atoms with van der Waals surface area (Å²) in [7, 11) is -15.0. The molecule has 272 valence electrons. The van der Waals surface area contributed by atoms with Crippen molar-refractivity contribution >= 4 is 31.2 Å². The third kappa shape index (κ3) is 10.4. The molecule has 3 aliphatic heterocycles. The summed E-state index contributed by atoms with van der Waals surface area (Å²) in [5.41, 5.74) is 0. The molecule has 4 N–H and O–H groups in total. The van der Waals surface area contributed by atoms with Crippen LogP contribution in [0.2, 0.25) is 0 Å². The molecule has 0 aromatic carbocycles. The third-order valence-electron chi connectivity index (χ3n) is 7.54. The summed E-state index contributed by atoms with van der Waals surface area (Å²) in [6.45, 7) is 1.94. The van der Waals surface area contributed by atoms with E-state index in [-0.39, 0.29) is 0 Å². The molecule has 0 amide bonds. The Labute approximate surface area is 264 Å². The second kappa shape index (κ2) is 15.4. The van der Waals surface area contributed by atoms with Crippen molar-refractivity contribution in [1.82, 2.24) is 0 Å². The molecule has 3 heterocycles. The molecule has 0 aliphatic carbocycles. The zero-order valence-electron chi connectivity index (χ0n) is 24.4. The summed E-state index contributed by atoms with van der Waals surface area (Å²) in [6, 6.07) is 0. The molecule has 0 spiro atoms. The zero-order chi connectivity index (χ0) is 34.9. The Morgan fingerprint density at radius 3 is 1.61 bits per heavy atom. The molecule has 8 unspecified atom stereocenters. The van der Waals surface area contributed by atoms with Crippen molar-refractivity contribution < 1.29 is 100 Å². The minimum Gasteiger partial charge on any atom is -0.726 e. The van der Waals surface area contributed by atoms with E-state index in [1.54, 1.807) is 0 Å². The fourth-order valence-corrected chi connectivity index (χ4v) is 6.21. The van der Waals surface area contributed by atoms with Gasteiger partial charge in [-0.05, 0) is 6.92 Å². The van der Waals surface area contributed by atoms with E-state index in [9.17, 15) is 59.3 Å². The normalized spacial score (nSPS) is 43.0. The summed E-state index contributed by atoms with van der Waals surface area (Å²) >= 11 is 0. The van der Waals surface area contributed by atoms with Crippen LogP contribution >= 0.6 is 0 Å². The van der Waals surface area contributed by atoms with E-state index in [0.717, 1.165) is 0 Å². The largest absolute Gasteiger partial charge is 0.726 e. The number of rotatable bonds is 13. The van der Waals surface area contributed by atoms with Crippen LogP contribution in [0.1, 0.15) is 20.8 Å². The second-order valence-corrected chi connectivity index (χ2v) is 13.9. The zero-order valence-corrected chi connectivity index (χ0v) is 26.9. The lowest BCUT2D eigenvalue weighted by Gasteiger charge is -2.49. The Hall–Kier alpha value is -0.790. The first-order chi connectivity index (χ1) is 21.0. The summed E-state index contributed by atoms with van der Waals surface area (Å²) in [6.07, 6.45) is -22.1. The lowest BCUT2D eigenvalue weighted by Crippen LogP contribution is -2.65. The van der Waals surface area contributed by atoms with Crippen LogP contribution in [-0.2, 0) is 72.2 Å². The first-order valence-corrected chi connectivity index (χ1v) is 17.4. The van der Waals surface area contributed by atoms with Gasteiger partial charge >= 0.3 is 0 Å². The molecule has 22 nitrogen and oxygen atoms in total. The predicted molar refractivity (Wildman–Crippen MR) is 137 cm³/mol. The number of hydrogen-bond donors (Lipinski definition) is 4. The van der Waals surface area contributed by atoms with Crippen LogP contribution < -0.4 is 0 Å². The highest BCUT2D eigenvalue weighted by atomic mass is 32.3. The van der Waals surface area contributed by atoms with E-state index in [4.69, 9.17) is 28.4 Å². The molecule has 3 fully saturated rings. The van der Waals surface area contributed by atoms with Crippen molar-refractivity contribution in [2.75, 3.05) is 20.3 Å². The number of ether oxygens (including phenoxy) is 6. The van der Waals surface area contributed by atoms with Gasteiger partial charge in [0.2, 0.25) is 31.2 Å². The van der Waals surface area contributed by atoms with Gasteiger partial charge in [-0.25, -0.2) is 25.3 Å². The van der Waals surface area contributed by atoms with Crippen LogP contribution in [0.15, 0.2) is 0 Å². The van der Waals surface area contributed by atoms with Crippen molar-refractivity contribution in [3.8, 4) is 0 Å². The topological polar surface area (TPSA) is 336 Å². The average Bonchev–Trinajstić information content (AvgIpc) is 2.92. The number of aliphatic hydroxyl groups is 4. The van der Waals surface area contributed by atoms with E-state index in [2.05, 4.69) is 12.5 Å². The Morgan fingerprint density at radius 2 is 1.09 bits per heavy atom. The average molecular weight is 736 g/mol. The molecular formula is C21H35O22S3-3. The number of aliphatic hydroxyl groups excluding tert-OH is 4. The van der Waals surface area contributed by atoms with Gasteiger partial charge in [0, 0.05) is 18.9 Å². The summed E-state index contributed by atoms with van der Waals surface area (Å²) in [4.78, 5) is 0. The highest BCUT2D eigenvalue weighted by molar-refractivity contribution is 7.81. The standard InChI is InChI=1S/C21H38O22S3/c1-7-12(22)14(24)10(5-36-44(26,27)28)39-20(7)41-16-9(3)38-21(18(15(16)25)43-46(32,33)34)42-17-11(6-37-45(29,30)31)40-19(35-4)8(2)13(17)23/h7-25H,5-6H2,1-4H3,(H,26,27,28)(H,29,30,31)(H,32,33,34)/p-3/t7-,8-,9+,10?,11?,12-,13-,14?,15?,16-,17?,18?,19?,20?,21-/m1/s1. The molecule has 0 saturated carbocycles. The van der Waals surface area contributed by atoms with Crippen LogP contribution in [0.5, 0.6) is 0 Å². The third-order valence-corrected chi connectivity index (χ3v) is 8.85. The smallest absolute Gasteiger partial charge is 0.218 e. The molecule has 15 atom stereocenters. The first kappa shape index (κ1) is 39.6. The van der Waals surface area contributed by atoms with Gasteiger partial charge in [-0.1, -0.05) is 13.8 Å². The van der Waals surface area contributed by atoms with Crippen molar-refractivity contribution in [1.29, 1.82) is 0 Å². The van der Waals surface area contributed by atoms with Gasteiger partial charge in [0.25, 0.3) is 0 Å². The molecule has 3 saturated heterocycles. The molecule has 25 heteroatoms. The van der Waals surface area contributed by atoms with Crippen LogP contribution in [-0.4, -0.2) is 160 Å². The minimum atomic E-state index is -5.63. The van der Waals surface area contributed by atoms with Crippen LogP contribution in [0, 0.1) is 11.8 Å². The molecule has 3 rings (SSSR count). The van der Waals surface area contributed by atoms with Gasteiger partial charge in [0.15, 0.2) is 25.0 Å². The van der Waals surface area contributed by atoms with E-state index < -0.39 is 136 Å². The fourth-order valence-electron chi connectivity index (χ4n) is 5.13. The Morgan fingerprint density at radius 1 is 0.587 bits per heavy atom. The maximum atomic E-state index is 11.6. The molecule has 0 aromatic rings. The van der Waals surface area contributed by atoms with Crippen molar-refractivity contribution in [3.05, 3.63) is 0 Å². The summed E-state index contributed by atoms with van der Waals surface area (Å²) in [5.74, 6) is -2.02. The van der Waals surface area contributed by atoms with Crippen molar-refractivity contribution in [2.24, 2.45) is 11.8 Å². The summed E-state index contributed by atoms with van der Waals surface area (Å²) < 4.78 is 147. The van der Waals surface area contributed by atoms with Crippen LogP contribution in [0.4, 0.5) is 0 Å². The fraction of sp³-hybridized carbons (Fsp3) is 1.00. The SMILES string of the molecule is COC1OC(COS(=O)(=O)[O-])C(O[C@H]2O[C@@H](C)[C@@H](OC3OC(COS(=O)(=O)[O-])C(O)[C@H](O)[C@H]3C)C(O)C2OS(=O)(=O)[O-])[C@H](O)[C@H]1C. The Balaban J connectivity index is 1.86. The van der Waals surface area contributed by atoms with E-state index >= 15 is 0 Å². The molecule has 3 aliphatic rings. The quantitative estimate of drug-likeness (QED) is 0.102. The van der Waals surface area contributed by atoms with Crippen molar-refractivity contribution in [3.63, 3.8) is 0 Å². The first-order valence-electron chi connectivity index (χ1n) is 13.4. The maximum absolute atomic E-state index is 11.6. The van der Waals surface area contributed by atoms with Gasteiger partial charge in [-0.15, -0.1) is 0 Å². The Kier molecular flexibility index (Phi) is 13.3. The van der Waals surface area contributed by atoms with Gasteiger partial charge in [-0.2, -0.15) is 0 Å². The molecule has 0 bridgehead atoms. The molecule has 0 radical (unpaired) electrons. The van der Waals surface area contributed by atoms with Crippen LogP contribution in [0.25, 0.3) is 0 Å². The molecular weight excluding hydrogens is 700 g/mol.